The van der Waals surface area contributed by atoms with Crippen LogP contribution in [0.5, 0.6) is 0 Å². The first-order valence-electron chi connectivity index (χ1n) is 8.41. The first-order valence-corrected chi connectivity index (χ1v) is 9.67. The van der Waals surface area contributed by atoms with Crippen molar-refractivity contribution >= 4 is 44.7 Å². The monoisotopic (exact) mass is 408 g/mol. The van der Waals surface area contributed by atoms with Gasteiger partial charge in [-0.25, -0.2) is 18.7 Å². The van der Waals surface area contributed by atoms with Crippen LogP contribution < -0.4 is 4.90 Å². The van der Waals surface area contributed by atoms with E-state index in [9.17, 15) is 8.78 Å². The third-order valence-corrected chi connectivity index (χ3v) is 5.73. The Balaban J connectivity index is 1.82. The van der Waals surface area contributed by atoms with Crippen LogP contribution in [-0.4, -0.2) is 34.0 Å². The van der Waals surface area contributed by atoms with E-state index in [1.807, 2.05) is 11.4 Å². The van der Waals surface area contributed by atoms with Gasteiger partial charge in [0, 0.05) is 19.5 Å². The van der Waals surface area contributed by atoms with E-state index in [1.54, 1.807) is 0 Å². The van der Waals surface area contributed by atoms with E-state index >= 15 is 0 Å². The Morgan fingerprint density at radius 2 is 2.00 bits per heavy atom. The van der Waals surface area contributed by atoms with Crippen LogP contribution >= 0.6 is 22.9 Å². The number of anilines is 1. The zero-order valence-corrected chi connectivity index (χ0v) is 15.7. The molecule has 0 bridgehead atoms. The minimum absolute atomic E-state index is 0.0290. The fourth-order valence-electron chi connectivity index (χ4n) is 3.16. The third kappa shape index (κ3) is 3.46. The molecule has 1 N–H and O–H groups in total. The van der Waals surface area contributed by atoms with Crippen LogP contribution in [-0.2, 0) is 0 Å². The molecular weight excluding hydrogens is 394 g/mol. The molecule has 9 heteroatoms. The maximum Gasteiger partial charge on any atom is 0.165 e. The van der Waals surface area contributed by atoms with E-state index < -0.39 is 11.6 Å². The molecule has 3 aromatic rings. The highest BCUT2D eigenvalue weighted by Crippen LogP contribution is 2.34. The summed E-state index contributed by atoms with van der Waals surface area (Å²) in [4.78, 5) is 11.0. The molecule has 1 aromatic carbocycles. The van der Waals surface area contributed by atoms with Gasteiger partial charge in [-0.1, -0.05) is 16.8 Å². The third-order valence-electron chi connectivity index (χ3n) is 4.54. The number of oxime groups is 1. The summed E-state index contributed by atoms with van der Waals surface area (Å²) in [6.45, 7) is 1.35. The summed E-state index contributed by atoms with van der Waals surface area (Å²) in [5.74, 6) is -0.599. The van der Waals surface area contributed by atoms with E-state index in [2.05, 4.69) is 20.0 Å². The molecule has 0 amide bonds. The van der Waals surface area contributed by atoms with Gasteiger partial charge in [0.15, 0.2) is 11.6 Å². The lowest BCUT2D eigenvalue weighted by Gasteiger charge is -2.22. The molecule has 0 saturated carbocycles. The Labute approximate surface area is 162 Å². The summed E-state index contributed by atoms with van der Waals surface area (Å²) < 4.78 is 29.2. The van der Waals surface area contributed by atoms with Crippen molar-refractivity contribution in [2.75, 3.05) is 18.0 Å². The molecular formula is C18H15ClF2N4OS. The van der Waals surface area contributed by atoms with Crippen molar-refractivity contribution in [3.8, 4) is 11.4 Å². The van der Waals surface area contributed by atoms with Crippen molar-refractivity contribution in [3.63, 3.8) is 0 Å². The van der Waals surface area contributed by atoms with Crippen molar-refractivity contribution in [2.45, 2.75) is 19.3 Å². The molecule has 1 fully saturated rings. The van der Waals surface area contributed by atoms with Gasteiger partial charge in [-0.15, -0.1) is 11.3 Å². The summed E-state index contributed by atoms with van der Waals surface area (Å²) in [5, 5.41) is 14.0. The summed E-state index contributed by atoms with van der Waals surface area (Å²) in [7, 11) is 0. The van der Waals surface area contributed by atoms with Gasteiger partial charge in [-0.2, -0.15) is 0 Å². The Morgan fingerprint density at radius 1 is 1.15 bits per heavy atom. The van der Waals surface area contributed by atoms with Crippen molar-refractivity contribution in [1.82, 2.24) is 9.97 Å². The number of hydrogen-bond acceptors (Lipinski definition) is 6. The summed E-state index contributed by atoms with van der Waals surface area (Å²) >= 11 is 7.15. The van der Waals surface area contributed by atoms with E-state index in [4.69, 9.17) is 16.8 Å². The first kappa shape index (κ1) is 18.1. The van der Waals surface area contributed by atoms with Crippen molar-refractivity contribution in [1.29, 1.82) is 0 Å². The van der Waals surface area contributed by atoms with Gasteiger partial charge in [-0.05, 0) is 36.4 Å². The van der Waals surface area contributed by atoms with Gasteiger partial charge in [0.2, 0.25) is 0 Å². The smallest absolute Gasteiger partial charge is 0.165 e. The van der Waals surface area contributed by atoms with Crippen LogP contribution in [0.15, 0.2) is 28.7 Å². The molecule has 1 aliphatic rings. The standard InChI is InChI=1S/C18H15ClF2N4OS/c19-12-9-13(20)11(8-14(12)21)17-22-15-4-7-27-16(15)18(23-17)25-5-1-2-10(24-26)3-6-25/h4,7-9,26H,1-3,5-6H2/b24-10+. The fraction of sp³-hybridized carbons (Fsp3) is 0.278. The van der Waals surface area contributed by atoms with E-state index in [0.29, 0.717) is 24.3 Å². The number of fused-ring (bicyclic) bond motifs is 1. The molecule has 5 nitrogen and oxygen atoms in total. The zero-order chi connectivity index (χ0) is 19.0. The van der Waals surface area contributed by atoms with Gasteiger partial charge >= 0.3 is 0 Å². The second-order valence-electron chi connectivity index (χ2n) is 6.26. The van der Waals surface area contributed by atoms with Crippen LogP contribution in [0.1, 0.15) is 19.3 Å². The SMILES string of the molecule is O/N=C1\CCCN(c2nc(-c3cc(F)c(Cl)cc3F)nc3ccsc23)CC1. The van der Waals surface area contributed by atoms with Gasteiger partial charge in [0.05, 0.1) is 26.5 Å². The van der Waals surface area contributed by atoms with Crippen LogP contribution in [0, 0.1) is 11.6 Å². The molecule has 0 radical (unpaired) electrons. The highest BCUT2D eigenvalue weighted by molar-refractivity contribution is 7.17. The number of benzene rings is 1. The molecule has 2 aromatic heterocycles. The first-order chi connectivity index (χ1) is 13.1. The van der Waals surface area contributed by atoms with Crippen LogP contribution in [0.25, 0.3) is 21.6 Å². The predicted molar refractivity (Wildman–Crippen MR) is 103 cm³/mol. The summed E-state index contributed by atoms with van der Waals surface area (Å²) in [5.41, 5.74) is 1.40. The molecule has 0 unspecified atom stereocenters. The number of nitrogens with zero attached hydrogens (tertiary/aromatic N) is 4. The number of thiophene rings is 1. The average molecular weight is 409 g/mol. The fourth-order valence-corrected chi connectivity index (χ4v) is 4.16. The molecule has 1 aliphatic heterocycles. The van der Waals surface area contributed by atoms with Crippen molar-refractivity contribution in [2.24, 2.45) is 5.16 Å². The van der Waals surface area contributed by atoms with Gasteiger partial charge in [0.1, 0.15) is 11.6 Å². The lowest BCUT2D eigenvalue weighted by atomic mass is 10.2. The zero-order valence-electron chi connectivity index (χ0n) is 14.1. The van der Waals surface area contributed by atoms with E-state index in [0.717, 1.165) is 41.9 Å². The lowest BCUT2D eigenvalue weighted by Crippen LogP contribution is -2.25. The largest absolute Gasteiger partial charge is 0.411 e. The second-order valence-corrected chi connectivity index (χ2v) is 7.58. The van der Waals surface area contributed by atoms with Crippen molar-refractivity contribution < 1.29 is 14.0 Å². The van der Waals surface area contributed by atoms with Crippen LogP contribution in [0.4, 0.5) is 14.6 Å². The minimum atomic E-state index is -0.720. The Morgan fingerprint density at radius 3 is 2.81 bits per heavy atom. The molecule has 0 aliphatic carbocycles. The number of rotatable bonds is 2. The highest BCUT2D eigenvalue weighted by atomic mass is 35.5. The summed E-state index contributed by atoms with van der Waals surface area (Å²) in [6.07, 6.45) is 2.15. The second kappa shape index (κ2) is 7.36. The Bertz CT molecular complexity index is 1040. The molecule has 0 spiro atoms. The highest BCUT2D eigenvalue weighted by Gasteiger charge is 2.21. The predicted octanol–water partition coefficient (Wildman–Crippen LogP) is 5.11. The molecule has 27 heavy (non-hydrogen) atoms. The molecule has 140 valence electrons. The van der Waals surface area contributed by atoms with Gasteiger partial charge < -0.3 is 10.1 Å². The Hall–Kier alpha value is -2.32. The van der Waals surface area contributed by atoms with Crippen molar-refractivity contribution in [3.05, 3.63) is 40.2 Å². The molecule has 3 heterocycles. The minimum Gasteiger partial charge on any atom is -0.411 e. The number of halogens is 3. The molecule has 4 rings (SSSR count). The quantitative estimate of drug-likeness (QED) is 0.363. The van der Waals surface area contributed by atoms with E-state index in [-0.39, 0.29) is 16.4 Å². The number of hydrogen-bond donors (Lipinski definition) is 1. The molecule has 0 atom stereocenters. The topological polar surface area (TPSA) is 61.6 Å². The summed E-state index contributed by atoms with van der Waals surface area (Å²) in [6, 6.07) is 3.79. The molecule has 1 saturated heterocycles. The van der Waals surface area contributed by atoms with Crippen LogP contribution in [0.3, 0.4) is 0 Å². The number of aromatic nitrogens is 2. The normalized spacial score (nSPS) is 16.9. The van der Waals surface area contributed by atoms with Gasteiger partial charge in [0.25, 0.3) is 0 Å². The van der Waals surface area contributed by atoms with Gasteiger partial charge in [-0.3, -0.25) is 0 Å². The van der Waals surface area contributed by atoms with Crippen LogP contribution in [0.2, 0.25) is 5.02 Å². The maximum absolute atomic E-state index is 14.4. The average Bonchev–Trinajstić information content (AvgIpc) is 3.00. The van der Waals surface area contributed by atoms with E-state index in [1.165, 1.54) is 11.3 Å². The maximum atomic E-state index is 14.4. The Kier molecular flexibility index (Phi) is 4.92. The lowest BCUT2D eigenvalue weighted by molar-refractivity contribution is 0.316.